The molecule has 1 atom stereocenters. The van der Waals surface area contributed by atoms with Crippen LogP contribution in [0, 0.1) is 0 Å². The second-order valence-electron chi connectivity index (χ2n) is 4.50. The molecule has 3 N–H and O–H groups in total. The van der Waals surface area contributed by atoms with Gasteiger partial charge in [-0.25, -0.2) is 10.8 Å². The van der Waals surface area contributed by atoms with Gasteiger partial charge in [0.2, 0.25) is 5.95 Å². The summed E-state index contributed by atoms with van der Waals surface area (Å²) in [6, 6.07) is 2.10. The molecule has 1 aliphatic heterocycles. The molecule has 2 aromatic rings. The molecular formula is C12H17N5S2. The lowest BCUT2D eigenvalue weighted by Gasteiger charge is -2.33. The van der Waals surface area contributed by atoms with Crippen molar-refractivity contribution >= 4 is 45.1 Å². The van der Waals surface area contributed by atoms with Gasteiger partial charge in [-0.05, 0) is 17.9 Å². The Morgan fingerprint density at radius 1 is 1.53 bits per heavy atom. The molecule has 102 valence electrons. The van der Waals surface area contributed by atoms with E-state index in [1.165, 1.54) is 6.42 Å². The molecule has 0 saturated carbocycles. The van der Waals surface area contributed by atoms with E-state index in [1.54, 1.807) is 11.3 Å². The fraction of sp³-hybridized carbons (Fsp3) is 0.500. The summed E-state index contributed by atoms with van der Waals surface area (Å²) in [5.74, 6) is 8.13. The summed E-state index contributed by atoms with van der Waals surface area (Å²) in [7, 11) is 0. The Kier molecular flexibility index (Phi) is 3.76. The lowest BCUT2D eigenvalue weighted by atomic mass is 10.2. The maximum atomic E-state index is 5.47. The zero-order chi connectivity index (χ0) is 13.2. The van der Waals surface area contributed by atoms with Gasteiger partial charge in [0.25, 0.3) is 0 Å². The summed E-state index contributed by atoms with van der Waals surface area (Å²) < 4.78 is 0. The molecule has 1 unspecified atom stereocenters. The molecule has 1 fully saturated rings. The summed E-state index contributed by atoms with van der Waals surface area (Å²) in [4.78, 5) is 12.3. The number of hydrazine groups is 1. The monoisotopic (exact) mass is 295 g/mol. The van der Waals surface area contributed by atoms with E-state index in [2.05, 4.69) is 50.4 Å². The molecule has 2 aromatic heterocycles. The van der Waals surface area contributed by atoms with E-state index in [0.29, 0.717) is 11.2 Å². The van der Waals surface area contributed by atoms with E-state index in [0.717, 1.165) is 34.9 Å². The number of aromatic nitrogens is 2. The van der Waals surface area contributed by atoms with Crippen molar-refractivity contribution in [2.45, 2.75) is 18.6 Å². The Hall–Kier alpha value is -1.05. The van der Waals surface area contributed by atoms with E-state index in [9.17, 15) is 0 Å². The number of thioether (sulfide) groups is 1. The number of nitrogen functional groups attached to an aromatic ring is 1. The molecule has 0 aromatic carbocycles. The van der Waals surface area contributed by atoms with Crippen molar-refractivity contribution < 1.29 is 0 Å². The lowest BCUT2D eigenvalue weighted by Crippen LogP contribution is -2.38. The second kappa shape index (κ2) is 5.52. The minimum atomic E-state index is 0.497. The van der Waals surface area contributed by atoms with E-state index in [1.807, 2.05) is 0 Å². The highest BCUT2D eigenvalue weighted by Crippen LogP contribution is 2.32. The van der Waals surface area contributed by atoms with Crippen molar-refractivity contribution in [1.82, 2.24) is 9.97 Å². The standard InChI is InChI=1S/C12H17N5S2/c1-2-8-7-17(4-6-18-8)10-9-3-5-19-11(9)15-12(14-10)16-13/h3,5,8H,2,4,6-7,13H2,1H3,(H,14,15,16). The SMILES string of the molecule is CCC1CN(c2nc(NN)nc3sccc23)CCS1. The van der Waals surface area contributed by atoms with Crippen LogP contribution < -0.4 is 16.2 Å². The van der Waals surface area contributed by atoms with Crippen molar-refractivity contribution in [1.29, 1.82) is 0 Å². The first-order chi connectivity index (χ1) is 9.31. The summed E-state index contributed by atoms with van der Waals surface area (Å²) in [5.41, 5.74) is 2.57. The summed E-state index contributed by atoms with van der Waals surface area (Å²) in [5, 5.41) is 3.87. The van der Waals surface area contributed by atoms with Gasteiger partial charge in [-0.15, -0.1) is 11.3 Å². The van der Waals surface area contributed by atoms with Crippen molar-refractivity contribution in [3.63, 3.8) is 0 Å². The Morgan fingerprint density at radius 3 is 3.21 bits per heavy atom. The molecule has 19 heavy (non-hydrogen) atoms. The van der Waals surface area contributed by atoms with Gasteiger partial charge in [0, 0.05) is 24.1 Å². The van der Waals surface area contributed by atoms with Crippen LogP contribution in [-0.2, 0) is 0 Å². The van der Waals surface area contributed by atoms with Crippen LogP contribution in [0.5, 0.6) is 0 Å². The third-order valence-electron chi connectivity index (χ3n) is 3.33. The topological polar surface area (TPSA) is 67.1 Å². The normalized spacial score (nSPS) is 19.9. The van der Waals surface area contributed by atoms with Gasteiger partial charge >= 0.3 is 0 Å². The molecule has 0 radical (unpaired) electrons. The maximum absolute atomic E-state index is 5.47. The van der Waals surface area contributed by atoms with Crippen molar-refractivity contribution in [2.24, 2.45) is 5.84 Å². The van der Waals surface area contributed by atoms with E-state index >= 15 is 0 Å². The van der Waals surface area contributed by atoms with Crippen LogP contribution in [-0.4, -0.2) is 34.1 Å². The number of nitrogens with one attached hydrogen (secondary N) is 1. The fourth-order valence-corrected chi connectivity index (χ4v) is 4.24. The third kappa shape index (κ3) is 2.50. The number of nitrogens with two attached hydrogens (primary N) is 1. The average Bonchev–Trinajstić information content (AvgIpc) is 2.94. The van der Waals surface area contributed by atoms with Gasteiger partial charge in [-0.1, -0.05) is 6.92 Å². The van der Waals surface area contributed by atoms with Crippen LogP contribution in [0.15, 0.2) is 11.4 Å². The first-order valence-electron chi connectivity index (χ1n) is 6.40. The van der Waals surface area contributed by atoms with Crippen LogP contribution in [0.2, 0.25) is 0 Å². The van der Waals surface area contributed by atoms with Crippen LogP contribution in [0.1, 0.15) is 13.3 Å². The highest BCUT2D eigenvalue weighted by Gasteiger charge is 2.22. The Bertz CT molecular complexity index is 570. The third-order valence-corrected chi connectivity index (χ3v) is 5.51. The van der Waals surface area contributed by atoms with Crippen LogP contribution in [0.3, 0.4) is 0 Å². The number of rotatable bonds is 3. The second-order valence-corrected chi connectivity index (χ2v) is 6.80. The number of thiophene rings is 1. The quantitative estimate of drug-likeness (QED) is 0.669. The molecule has 3 heterocycles. The van der Waals surface area contributed by atoms with Crippen LogP contribution >= 0.6 is 23.1 Å². The van der Waals surface area contributed by atoms with Crippen molar-refractivity contribution in [2.75, 3.05) is 29.2 Å². The van der Waals surface area contributed by atoms with E-state index < -0.39 is 0 Å². The molecule has 0 spiro atoms. The first-order valence-corrected chi connectivity index (χ1v) is 8.33. The number of fused-ring (bicyclic) bond motifs is 1. The molecular weight excluding hydrogens is 278 g/mol. The molecule has 1 saturated heterocycles. The molecule has 0 amide bonds. The van der Waals surface area contributed by atoms with Crippen molar-refractivity contribution in [3.05, 3.63) is 11.4 Å². The average molecular weight is 295 g/mol. The molecule has 3 rings (SSSR count). The zero-order valence-electron chi connectivity index (χ0n) is 10.8. The zero-order valence-corrected chi connectivity index (χ0v) is 12.4. The predicted octanol–water partition coefficient (Wildman–Crippen LogP) is 2.31. The smallest absolute Gasteiger partial charge is 0.240 e. The predicted molar refractivity (Wildman–Crippen MR) is 84.0 cm³/mol. The molecule has 0 aliphatic carbocycles. The summed E-state index contributed by atoms with van der Waals surface area (Å²) in [6.45, 7) is 4.33. The molecule has 1 aliphatic rings. The largest absolute Gasteiger partial charge is 0.354 e. The lowest BCUT2D eigenvalue weighted by molar-refractivity contribution is 0.722. The van der Waals surface area contributed by atoms with Gasteiger partial charge in [0.05, 0.1) is 5.39 Å². The minimum Gasteiger partial charge on any atom is -0.354 e. The highest BCUT2D eigenvalue weighted by atomic mass is 32.2. The molecule has 7 heteroatoms. The van der Waals surface area contributed by atoms with Gasteiger partial charge < -0.3 is 4.90 Å². The maximum Gasteiger partial charge on any atom is 0.240 e. The first kappa shape index (κ1) is 13.0. The van der Waals surface area contributed by atoms with Crippen LogP contribution in [0.25, 0.3) is 10.2 Å². The minimum absolute atomic E-state index is 0.497. The Labute approximate surface area is 120 Å². The van der Waals surface area contributed by atoms with Gasteiger partial charge in [-0.2, -0.15) is 16.7 Å². The van der Waals surface area contributed by atoms with Gasteiger partial charge in [-0.3, -0.25) is 5.43 Å². The number of hydrogen-bond acceptors (Lipinski definition) is 7. The van der Waals surface area contributed by atoms with Gasteiger partial charge in [0.15, 0.2) is 0 Å². The summed E-state index contributed by atoms with van der Waals surface area (Å²) in [6.07, 6.45) is 1.20. The number of nitrogens with zero attached hydrogens (tertiary/aromatic N) is 3. The van der Waals surface area contributed by atoms with E-state index in [-0.39, 0.29) is 0 Å². The molecule has 5 nitrogen and oxygen atoms in total. The Balaban J connectivity index is 2.00. The molecule has 0 bridgehead atoms. The van der Waals surface area contributed by atoms with Gasteiger partial charge in [0.1, 0.15) is 10.6 Å². The van der Waals surface area contributed by atoms with Crippen LogP contribution in [0.4, 0.5) is 11.8 Å². The summed E-state index contributed by atoms with van der Waals surface area (Å²) >= 11 is 3.68. The number of anilines is 2. The van der Waals surface area contributed by atoms with E-state index in [4.69, 9.17) is 5.84 Å². The fourth-order valence-electron chi connectivity index (χ4n) is 2.30. The highest BCUT2D eigenvalue weighted by molar-refractivity contribution is 8.00. The van der Waals surface area contributed by atoms with Crippen molar-refractivity contribution in [3.8, 4) is 0 Å². The number of hydrogen-bond donors (Lipinski definition) is 2. The Morgan fingerprint density at radius 2 is 2.42 bits per heavy atom.